The Morgan fingerprint density at radius 3 is 3.00 bits per heavy atom. The lowest BCUT2D eigenvalue weighted by Gasteiger charge is -2.09. The highest BCUT2D eigenvalue weighted by molar-refractivity contribution is 8.14. The maximum Gasteiger partial charge on any atom is 0.279 e. The molecule has 80 valence electrons. The lowest BCUT2D eigenvalue weighted by atomic mass is 10.3. The summed E-state index contributed by atoms with van der Waals surface area (Å²) in [6.07, 6.45) is 0. The van der Waals surface area contributed by atoms with Crippen molar-refractivity contribution in [3.63, 3.8) is 0 Å². The fourth-order valence-electron chi connectivity index (χ4n) is 1.10. The number of carbonyl (C=O) groups is 2. The van der Waals surface area contributed by atoms with Crippen molar-refractivity contribution < 1.29 is 9.59 Å². The Hall–Kier alpha value is -0.750. The zero-order chi connectivity index (χ0) is 10.4. The van der Waals surface area contributed by atoms with E-state index in [2.05, 4.69) is 16.0 Å². The van der Waals surface area contributed by atoms with Crippen LogP contribution in [0, 0.1) is 0 Å². The quantitative estimate of drug-likeness (QED) is 0.545. The molecule has 0 aromatic heterocycles. The SMILES string of the molecule is CCNCCNC(=O)C1CSC(=O)N1. The van der Waals surface area contributed by atoms with Crippen LogP contribution < -0.4 is 16.0 Å². The van der Waals surface area contributed by atoms with Gasteiger partial charge in [0.05, 0.1) is 0 Å². The van der Waals surface area contributed by atoms with Gasteiger partial charge in [0.2, 0.25) is 5.91 Å². The lowest BCUT2D eigenvalue weighted by Crippen LogP contribution is -2.44. The number of carbonyl (C=O) groups excluding carboxylic acids is 2. The van der Waals surface area contributed by atoms with Crippen molar-refractivity contribution in [1.82, 2.24) is 16.0 Å². The van der Waals surface area contributed by atoms with Crippen molar-refractivity contribution in [2.24, 2.45) is 0 Å². The van der Waals surface area contributed by atoms with Crippen LogP contribution in [0.5, 0.6) is 0 Å². The van der Waals surface area contributed by atoms with Crippen LogP contribution in [-0.2, 0) is 4.79 Å². The molecule has 1 aliphatic rings. The molecule has 1 rings (SSSR count). The van der Waals surface area contributed by atoms with Gasteiger partial charge in [-0.25, -0.2) is 0 Å². The second-order valence-electron chi connectivity index (χ2n) is 2.94. The third-order valence-corrected chi connectivity index (χ3v) is 2.72. The predicted molar refractivity (Wildman–Crippen MR) is 56.3 cm³/mol. The van der Waals surface area contributed by atoms with Crippen LogP contribution >= 0.6 is 11.8 Å². The van der Waals surface area contributed by atoms with Gasteiger partial charge in [0, 0.05) is 18.8 Å². The Balaban J connectivity index is 2.12. The second kappa shape index (κ2) is 5.87. The highest BCUT2D eigenvalue weighted by Crippen LogP contribution is 2.12. The second-order valence-corrected chi connectivity index (χ2v) is 3.93. The van der Waals surface area contributed by atoms with Crippen LogP contribution in [0.4, 0.5) is 4.79 Å². The average Bonchev–Trinajstić information content (AvgIpc) is 2.59. The molecule has 5 nitrogen and oxygen atoms in total. The summed E-state index contributed by atoms with van der Waals surface area (Å²) >= 11 is 1.15. The van der Waals surface area contributed by atoms with Gasteiger partial charge in [0.1, 0.15) is 6.04 Å². The first-order valence-corrected chi connectivity index (χ1v) is 5.64. The molecule has 1 heterocycles. The van der Waals surface area contributed by atoms with E-state index in [1.165, 1.54) is 0 Å². The Morgan fingerprint density at radius 2 is 2.43 bits per heavy atom. The summed E-state index contributed by atoms with van der Waals surface area (Å²) in [5.41, 5.74) is 0. The van der Waals surface area contributed by atoms with Gasteiger partial charge in [-0.05, 0) is 6.54 Å². The monoisotopic (exact) mass is 217 g/mol. The van der Waals surface area contributed by atoms with Crippen molar-refractivity contribution in [3.8, 4) is 0 Å². The summed E-state index contributed by atoms with van der Waals surface area (Å²) < 4.78 is 0. The molecule has 1 fully saturated rings. The van der Waals surface area contributed by atoms with Gasteiger partial charge in [0.25, 0.3) is 5.24 Å². The zero-order valence-corrected chi connectivity index (χ0v) is 8.95. The van der Waals surface area contributed by atoms with Crippen LogP contribution in [0.1, 0.15) is 6.92 Å². The Morgan fingerprint density at radius 1 is 1.64 bits per heavy atom. The fraction of sp³-hybridized carbons (Fsp3) is 0.750. The summed E-state index contributed by atoms with van der Waals surface area (Å²) in [7, 11) is 0. The molecule has 0 radical (unpaired) electrons. The van der Waals surface area contributed by atoms with Crippen molar-refractivity contribution in [1.29, 1.82) is 0 Å². The molecule has 1 unspecified atom stereocenters. The van der Waals surface area contributed by atoms with Crippen molar-refractivity contribution >= 4 is 22.9 Å². The molecule has 1 saturated heterocycles. The summed E-state index contributed by atoms with van der Waals surface area (Å²) in [5, 5.41) is 8.32. The van der Waals surface area contributed by atoms with E-state index in [4.69, 9.17) is 0 Å². The van der Waals surface area contributed by atoms with Crippen LogP contribution in [-0.4, -0.2) is 42.6 Å². The van der Waals surface area contributed by atoms with Crippen LogP contribution in [0.2, 0.25) is 0 Å². The number of thioether (sulfide) groups is 1. The van der Waals surface area contributed by atoms with Crippen molar-refractivity contribution in [2.75, 3.05) is 25.4 Å². The van der Waals surface area contributed by atoms with Crippen LogP contribution in [0.3, 0.4) is 0 Å². The number of nitrogens with one attached hydrogen (secondary N) is 3. The van der Waals surface area contributed by atoms with E-state index in [0.29, 0.717) is 12.3 Å². The zero-order valence-electron chi connectivity index (χ0n) is 8.13. The van der Waals surface area contributed by atoms with Crippen molar-refractivity contribution in [3.05, 3.63) is 0 Å². The van der Waals surface area contributed by atoms with Gasteiger partial charge < -0.3 is 16.0 Å². The van der Waals surface area contributed by atoms with Gasteiger partial charge in [-0.2, -0.15) is 0 Å². The fourth-order valence-corrected chi connectivity index (χ4v) is 1.88. The van der Waals surface area contributed by atoms with E-state index < -0.39 is 0 Å². The third kappa shape index (κ3) is 3.55. The largest absolute Gasteiger partial charge is 0.353 e. The third-order valence-electron chi connectivity index (χ3n) is 1.84. The summed E-state index contributed by atoms with van der Waals surface area (Å²) in [4.78, 5) is 22.2. The summed E-state index contributed by atoms with van der Waals surface area (Å²) in [6, 6.07) is -0.353. The number of amides is 2. The molecular weight excluding hydrogens is 202 g/mol. The highest BCUT2D eigenvalue weighted by atomic mass is 32.2. The molecule has 1 atom stereocenters. The summed E-state index contributed by atoms with van der Waals surface area (Å²) in [5.74, 6) is 0.438. The maximum absolute atomic E-state index is 11.4. The van der Waals surface area contributed by atoms with Crippen LogP contribution in [0.25, 0.3) is 0 Å². The highest BCUT2D eigenvalue weighted by Gasteiger charge is 2.27. The number of hydrogen-bond acceptors (Lipinski definition) is 4. The molecule has 0 aromatic carbocycles. The molecule has 0 saturated carbocycles. The van der Waals surface area contributed by atoms with Gasteiger partial charge in [-0.1, -0.05) is 18.7 Å². The first-order valence-electron chi connectivity index (χ1n) is 4.65. The van der Waals surface area contributed by atoms with Gasteiger partial charge >= 0.3 is 0 Å². The molecular formula is C8H15N3O2S. The van der Waals surface area contributed by atoms with Crippen molar-refractivity contribution in [2.45, 2.75) is 13.0 Å². The topological polar surface area (TPSA) is 70.2 Å². The number of rotatable bonds is 5. The lowest BCUT2D eigenvalue weighted by molar-refractivity contribution is -0.122. The smallest absolute Gasteiger partial charge is 0.279 e. The number of likely N-dealkylation sites (N-methyl/N-ethyl adjacent to an activating group) is 1. The Labute approximate surface area is 87.4 Å². The maximum atomic E-state index is 11.4. The molecule has 6 heteroatoms. The Bertz CT molecular complexity index is 223. The van der Waals surface area contributed by atoms with E-state index in [1.54, 1.807) is 0 Å². The molecule has 2 amide bonds. The molecule has 0 aromatic rings. The van der Waals surface area contributed by atoms with E-state index >= 15 is 0 Å². The molecule has 14 heavy (non-hydrogen) atoms. The van der Waals surface area contributed by atoms with E-state index in [1.807, 2.05) is 6.92 Å². The molecule has 0 spiro atoms. The van der Waals surface area contributed by atoms with Gasteiger partial charge in [-0.15, -0.1) is 0 Å². The average molecular weight is 217 g/mol. The Kier molecular flexibility index (Phi) is 4.75. The first kappa shape index (κ1) is 11.3. The predicted octanol–water partition coefficient (Wildman–Crippen LogP) is -0.463. The van der Waals surface area contributed by atoms with E-state index in [0.717, 1.165) is 24.9 Å². The standard InChI is InChI=1S/C8H15N3O2S/c1-2-9-3-4-10-7(12)6-5-14-8(13)11-6/h6,9H,2-5H2,1H3,(H,10,12)(H,11,13). The molecule has 3 N–H and O–H groups in total. The van der Waals surface area contributed by atoms with Crippen LogP contribution in [0.15, 0.2) is 0 Å². The van der Waals surface area contributed by atoms with Gasteiger partial charge in [-0.3, -0.25) is 9.59 Å². The minimum absolute atomic E-state index is 0.0961. The van der Waals surface area contributed by atoms with E-state index in [9.17, 15) is 9.59 Å². The minimum Gasteiger partial charge on any atom is -0.353 e. The van der Waals surface area contributed by atoms with E-state index in [-0.39, 0.29) is 17.2 Å². The van der Waals surface area contributed by atoms with Gasteiger partial charge in [0.15, 0.2) is 0 Å². The minimum atomic E-state index is -0.353. The molecule has 0 bridgehead atoms. The molecule has 1 aliphatic heterocycles. The normalized spacial score (nSPS) is 20.6. The molecule has 0 aliphatic carbocycles. The number of hydrogen-bond donors (Lipinski definition) is 3. The summed E-state index contributed by atoms with van der Waals surface area (Å²) in [6.45, 7) is 4.27. The first-order chi connectivity index (χ1) is 6.74.